The van der Waals surface area contributed by atoms with Gasteiger partial charge in [0, 0.05) is 11.3 Å². The maximum Gasteiger partial charge on any atom is 0.343 e. The van der Waals surface area contributed by atoms with E-state index in [0.717, 1.165) is 5.56 Å². The molecule has 0 aliphatic rings. The number of benzene rings is 3. The molecule has 2 N–H and O–H groups in total. The first-order valence-corrected chi connectivity index (χ1v) is 13.8. The molecule has 3 aromatic rings. The Balaban J connectivity index is 0.00000645. The molecule has 8 nitrogen and oxygen atoms in total. The maximum atomic E-state index is 13.5. The summed E-state index contributed by atoms with van der Waals surface area (Å²) < 4.78 is 11.3. The van der Waals surface area contributed by atoms with E-state index in [0.29, 0.717) is 35.4 Å². The van der Waals surface area contributed by atoms with E-state index in [2.05, 4.69) is 24.5 Å². The summed E-state index contributed by atoms with van der Waals surface area (Å²) in [6.07, 6.45) is 1.07. The molecule has 8 heteroatoms. The largest absolute Gasteiger partial charge is 0.458 e. The SMILES string of the molecule is C.CC(C)(C)OC(=O)C(NC(=O)c1ccc(NC=O)cc1)C(C)(C)CC(C)(C)c1ccc(OC(=O)c2ccccc2)cc1. The van der Waals surface area contributed by atoms with Crippen molar-refractivity contribution in [3.05, 3.63) is 95.6 Å². The molecular formula is C35H44N2O6. The summed E-state index contributed by atoms with van der Waals surface area (Å²) in [6, 6.07) is 21.5. The lowest BCUT2D eigenvalue weighted by Gasteiger charge is -2.40. The fraction of sp³-hybridized carbons (Fsp3) is 0.371. The molecule has 230 valence electrons. The Morgan fingerprint density at radius 1 is 0.791 bits per heavy atom. The predicted octanol–water partition coefficient (Wildman–Crippen LogP) is 6.94. The van der Waals surface area contributed by atoms with Crippen LogP contribution in [0.15, 0.2) is 78.9 Å². The number of ether oxygens (including phenoxy) is 2. The summed E-state index contributed by atoms with van der Waals surface area (Å²) in [5, 5.41) is 5.44. The van der Waals surface area contributed by atoms with Crippen LogP contribution in [0.4, 0.5) is 5.69 Å². The second-order valence-electron chi connectivity index (χ2n) is 12.6. The van der Waals surface area contributed by atoms with Crippen LogP contribution in [0.1, 0.15) is 88.6 Å². The molecule has 0 saturated carbocycles. The number of hydrogen-bond donors (Lipinski definition) is 2. The van der Waals surface area contributed by atoms with Crippen LogP contribution in [0.25, 0.3) is 0 Å². The fourth-order valence-corrected chi connectivity index (χ4v) is 4.99. The van der Waals surface area contributed by atoms with Crippen LogP contribution in [0, 0.1) is 5.41 Å². The van der Waals surface area contributed by atoms with Crippen LogP contribution >= 0.6 is 0 Å². The minimum atomic E-state index is -0.956. The maximum absolute atomic E-state index is 13.5. The van der Waals surface area contributed by atoms with Crippen LogP contribution in [0.5, 0.6) is 5.75 Å². The van der Waals surface area contributed by atoms with Gasteiger partial charge in [-0.1, -0.05) is 65.5 Å². The van der Waals surface area contributed by atoms with Gasteiger partial charge in [0.05, 0.1) is 5.56 Å². The molecule has 0 fully saturated rings. The van der Waals surface area contributed by atoms with Crippen LogP contribution in [-0.4, -0.2) is 35.9 Å². The van der Waals surface area contributed by atoms with E-state index in [1.165, 1.54) is 0 Å². The molecule has 43 heavy (non-hydrogen) atoms. The van der Waals surface area contributed by atoms with Gasteiger partial charge in [-0.2, -0.15) is 0 Å². The number of carbonyl (C=O) groups is 4. The standard InChI is InChI=1S/C34H40N2O6.CH4/c1-32(2,3)42-31(40)28(36-29(38)23-13-17-26(18-14-23)35-22-37)34(6,7)21-33(4,5)25-15-19-27(20-16-25)41-30(39)24-11-9-8-10-12-24;/h8-20,22,28H,21H2,1-7H3,(H,35,37)(H,36,38);1H4. The lowest BCUT2D eigenvalue weighted by Crippen LogP contribution is -2.53. The summed E-state index contributed by atoms with van der Waals surface area (Å²) in [5.74, 6) is -0.969. The number of hydrogen-bond acceptors (Lipinski definition) is 6. The van der Waals surface area contributed by atoms with Crippen molar-refractivity contribution < 1.29 is 28.7 Å². The van der Waals surface area contributed by atoms with E-state index in [9.17, 15) is 19.2 Å². The first-order chi connectivity index (χ1) is 19.6. The number of rotatable bonds is 11. The molecule has 1 unspecified atom stereocenters. The molecule has 0 aromatic heterocycles. The van der Waals surface area contributed by atoms with Crippen molar-refractivity contribution in [1.29, 1.82) is 0 Å². The smallest absolute Gasteiger partial charge is 0.343 e. The van der Waals surface area contributed by atoms with Gasteiger partial charge in [-0.25, -0.2) is 9.59 Å². The third kappa shape index (κ3) is 9.81. The Bertz CT molecular complexity index is 1390. The quantitative estimate of drug-likeness (QED) is 0.143. The zero-order valence-corrected chi connectivity index (χ0v) is 25.3. The molecule has 0 aliphatic heterocycles. The summed E-state index contributed by atoms with van der Waals surface area (Å²) in [7, 11) is 0. The van der Waals surface area contributed by atoms with Crippen LogP contribution in [0.3, 0.4) is 0 Å². The summed E-state index contributed by atoms with van der Waals surface area (Å²) in [4.78, 5) is 49.9. The zero-order valence-electron chi connectivity index (χ0n) is 25.3. The van der Waals surface area contributed by atoms with Gasteiger partial charge in [0.25, 0.3) is 5.91 Å². The van der Waals surface area contributed by atoms with Crippen LogP contribution in [0.2, 0.25) is 0 Å². The first kappa shape index (κ1) is 34.7. The summed E-state index contributed by atoms with van der Waals surface area (Å²) >= 11 is 0. The molecular weight excluding hydrogens is 544 g/mol. The second-order valence-corrected chi connectivity index (χ2v) is 12.6. The average molecular weight is 589 g/mol. The number of carbonyl (C=O) groups excluding carboxylic acids is 4. The topological polar surface area (TPSA) is 111 Å². The van der Waals surface area contributed by atoms with Crippen LogP contribution < -0.4 is 15.4 Å². The second kappa shape index (κ2) is 14.1. The van der Waals surface area contributed by atoms with Crippen molar-refractivity contribution in [3.8, 4) is 5.75 Å². The third-order valence-corrected chi connectivity index (χ3v) is 6.83. The van der Waals surface area contributed by atoms with Gasteiger partial charge in [0.1, 0.15) is 17.4 Å². The van der Waals surface area contributed by atoms with E-state index in [1.54, 1.807) is 81.4 Å². The monoisotopic (exact) mass is 588 g/mol. The Morgan fingerprint density at radius 3 is 1.91 bits per heavy atom. The van der Waals surface area contributed by atoms with E-state index in [-0.39, 0.29) is 7.43 Å². The van der Waals surface area contributed by atoms with Crippen molar-refractivity contribution in [3.63, 3.8) is 0 Å². The van der Waals surface area contributed by atoms with Crippen molar-refractivity contribution in [2.24, 2.45) is 5.41 Å². The average Bonchev–Trinajstić information content (AvgIpc) is 2.91. The molecule has 3 rings (SSSR count). The minimum absolute atomic E-state index is 0. The van der Waals surface area contributed by atoms with Crippen molar-refractivity contribution in [2.75, 3.05) is 5.32 Å². The molecule has 2 amide bonds. The Labute approximate surface area is 255 Å². The number of esters is 2. The predicted molar refractivity (Wildman–Crippen MR) is 169 cm³/mol. The molecule has 3 aromatic carbocycles. The van der Waals surface area contributed by atoms with Crippen molar-refractivity contribution >= 4 is 29.9 Å². The highest BCUT2D eigenvalue weighted by Crippen LogP contribution is 2.40. The van der Waals surface area contributed by atoms with Gasteiger partial charge in [0.15, 0.2) is 0 Å². The molecule has 0 spiro atoms. The van der Waals surface area contributed by atoms with Gasteiger partial charge in [-0.15, -0.1) is 0 Å². The van der Waals surface area contributed by atoms with Crippen LogP contribution in [-0.2, 0) is 19.7 Å². The summed E-state index contributed by atoms with van der Waals surface area (Å²) in [6.45, 7) is 13.3. The highest BCUT2D eigenvalue weighted by Gasteiger charge is 2.43. The first-order valence-electron chi connectivity index (χ1n) is 13.8. The van der Waals surface area contributed by atoms with Gasteiger partial charge >= 0.3 is 11.9 Å². The Kier molecular flexibility index (Phi) is 11.4. The van der Waals surface area contributed by atoms with Gasteiger partial charge in [-0.05, 0) is 92.1 Å². The Morgan fingerprint density at radius 2 is 1.37 bits per heavy atom. The van der Waals surface area contributed by atoms with Gasteiger partial charge in [-0.3, -0.25) is 9.59 Å². The molecule has 0 saturated heterocycles. The summed E-state index contributed by atoms with van der Waals surface area (Å²) in [5.41, 5.74) is 0.414. The minimum Gasteiger partial charge on any atom is -0.458 e. The number of anilines is 1. The molecule has 1 atom stereocenters. The van der Waals surface area contributed by atoms with E-state index < -0.39 is 40.3 Å². The number of amides is 2. The Hall–Kier alpha value is -4.46. The van der Waals surface area contributed by atoms with Crippen molar-refractivity contribution in [1.82, 2.24) is 5.32 Å². The third-order valence-electron chi connectivity index (χ3n) is 6.83. The molecule has 0 bridgehead atoms. The van der Waals surface area contributed by atoms with Crippen molar-refractivity contribution in [2.45, 2.75) is 79.4 Å². The lowest BCUT2D eigenvalue weighted by molar-refractivity contribution is -0.160. The van der Waals surface area contributed by atoms with Gasteiger partial charge < -0.3 is 20.1 Å². The molecule has 0 radical (unpaired) electrons. The van der Waals surface area contributed by atoms with E-state index >= 15 is 0 Å². The molecule has 0 heterocycles. The highest BCUT2D eigenvalue weighted by molar-refractivity contribution is 5.97. The fourth-order valence-electron chi connectivity index (χ4n) is 4.99. The normalized spacial score (nSPS) is 12.3. The van der Waals surface area contributed by atoms with E-state index in [1.807, 2.05) is 32.0 Å². The zero-order chi connectivity index (χ0) is 31.1. The lowest BCUT2D eigenvalue weighted by atomic mass is 9.68. The highest BCUT2D eigenvalue weighted by atomic mass is 16.6. The number of nitrogens with one attached hydrogen (secondary N) is 2. The van der Waals surface area contributed by atoms with Gasteiger partial charge in [0.2, 0.25) is 6.41 Å². The van der Waals surface area contributed by atoms with E-state index in [4.69, 9.17) is 9.47 Å². The molecule has 0 aliphatic carbocycles.